The molecule has 1 unspecified atom stereocenters. The van der Waals surface area contributed by atoms with Gasteiger partial charge in [0.2, 0.25) is 0 Å². The predicted molar refractivity (Wildman–Crippen MR) is 58.4 cm³/mol. The fraction of sp³-hybridized carbons (Fsp3) is 0.455. The fourth-order valence-electron chi connectivity index (χ4n) is 1.31. The van der Waals surface area contributed by atoms with E-state index in [1.54, 1.807) is 25.4 Å². The Balaban J connectivity index is 2.51. The summed E-state index contributed by atoms with van der Waals surface area (Å²) in [6.45, 7) is 1.87. The number of nitrogens with zero attached hydrogens (tertiary/aromatic N) is 1. The van der Waals surface area contributed by atoms with E-state index in [1.807, 2.05) is 6.92 Å². The van der Waals surface area contributed by atoms with Gasteiger partial charge >= 0.3 is 0 Å². The average Bonchev–Trinajstić information content (AvgIpc) is 2.17. The van der Waals surface area contributed by atoms with Gasteiger partial charge < -0.3 is 10.5 Å². The minimum absolute atomic E-state index is 0.0308. The number of anilines is 1. The van der Waals surface area contributed by atoms with Gasteiger partial charge in [0, 0.05) is 26.1 Å². The van der Waals surface area contributed by atoms with Gasteiger partial charge in [-0.1, -0.05) is 0 Å². The zero-order valence-electron chi connectivity index (χ0n) is 9.06. The summed E-state index contributed by atoms with van der Waals surface area (Å²) in [5.74, 6) is 0.593. The second kappa shape index (κ2) is 5.46. The van der Waals surface area contributed by atoms with Crippen LogP contribution in [0.3, 0.4) is 0 Å². The minimum atomic E-state index is -0.0308. The number of hydrogen-bond donors (Lipinski definition) is 1. The normalized spacial score (nSPS) is 12.4. The van der Waals surface area contributed by atoms with Crippen molar-refractivity contribution in [2.75, 3.05) is 12.8 Å². The van der Waals surface area contributed by atoms with Crippen molar-refractivity contribution in [1.29, 1.82) is 0 Å². The summed E-state index contributed by atoms with van der Waals surface area (Å²) in [6.07, 6.45) is 2.40. The van der Waals surface area contributed by atoms with Crippen LogP contribution in [0.15, 0.2) is 18.3 Å². The minimum Gasteiger partial charge on any atom is -0.384 e. The van der Waals surface area contributed by atoms with Gasteiger partial charge in [0.15, 0.2) is 0 Å². The monoisotopic (exact) mass is 208 g/mol. The van der Waals surface area contributed by atoms with Gasteiger partial charge in [-0.25, -0.2) is 4.98 Å². The number of methoxy groups -OCH3 is 1. The molecule has 0 aliphatic heterocycles. The Labute approximate surface area is 89.5 Å². The molecule has 0 saturated carbocycles. The fourth-order valence-corrected chi connectivity index (χ4v) is 1.31. The Hall–Kier alpha value is -1.42. The highest BCUT2D eigenvalue weighted by Gasteiger charge is 2.09. The molecule has 4 nitrogen and oxygen atoms in total. The Bertz CT molecular complexity index is 339. The lowest BCUT2D eigenvalue weighted by Crippen LogP contribution is -2.14. The smallest absolute Gasteiger partial charge is 0.139 e. The number of ketones is 1. The summed E-state index contributed by atoms with van der Waals surface area (Å²) >= 11 is 0. The molecule has 1 heterocycles. The molecule has 0 fully saturated rings. The second-order valence-corrected chi connectivity index (χ2v) is 3.55. The molecule has 0 aliphatic carbocycles. The van der Waals surface area contributed by atoms with Crippen molar-refractivity contribution in [3.05, 3.63) is 23.9 Å². The Morgan fingerprint density at radius 3 is 3.00 bits per heavy atom. The molecule has 2 N–H and O–H groups in total. The van der Waals surface area contributed by atoms with Crippen LogP contribution >= 0.6 is 0 Å². The molecular weight excluding hydrogens is 192 g/mol. The van der Waals surface area contributed by atoms with Crippen LogP contribution in [0.5, 0.6) is 0 Å². The van der Waals surface area contributed by atoms with Crippen molar-refractivity contribution < 1.29 is 9.53 Å². The van der Waals surface area contributed by atoms with Crippen LogP contribution in [0.1, 0.15) is 18.9 Å². The van der Waals surface area contributed by atoms with Gasteiger partial charge in [0.05, 0.1) is 6.10 Å². The number of carbonyl (C=O) groups excluding carboxylic acids is 1. The van der Waals surface area contributed by atoms with Crippen molar-refractivity contribution in [3.8, 4) is 0 Å². The summed E-state index contributed by atoms with van der Waals surface area (Å²) < 4.78 is 5.02. The Morgan fingerprint density at radius 1 is 1.67 bits per heavy atom. The molecular formula is C11H16N2O2. The molecule has 82 valence electrons. The maximum absolute atomic E-state index is 11.6. The van der Waals surface area contributed by atoms with E-state index in [1.165, 1.54) is 0 Å². The molecule has 15 heavy (non-hydrogen) atoms. The number of rotatable bonds is 5. The molecule has 1 aromatic rings. The molecule has 0 radical (unpaired) electrons. The molecule has 1 rings (SSSR count). The van der Waals surface area contributed by atoms with Crippen molar-refractivity contribution in [3.63, 3.8) is 0 Å². The van der Waals surface area contributed by atoms with E-state index in [0.29, 0.717) is 18.7 Å². The number of pyridine rings is 1. The third-order valence-corrected chi connectivity index (χ3v) is 2.16. The lowest BCUT2D eigenvalue weighted by atomic mass is 10.1. The summed E-state index contributed by atoms with van der Waals surface area (Å²) in [5.41, 5.74) is 6.41. The van der Waals surface area contributed by atoms with Crippen LogP contribution in [0.2, 0.25) is 0 Å². The molecule has 0 saturated heterocycles. The van der Waals surface area contributed by atoms with E-state index in [4.69, 9.17) is 10.5 Å². The second-order valence-electron chi connectivity index (χ2n) is 3.55. The van der Waals surface area contributed by atoms with Crippen LogP contribution in [-0.2, 0) is 16.0 Å². The quantitative estimate of drug-likeness (QED) is 0.789. The van der Waals surface area contributed by atoms with E-state index in [0.717, 1.165) is 5.56 Å². The van der Waals surface area contributed by atoms with Crippen molar-refractivity contribution in [1.82, 2.24) is 4.98 Å². The highest BCUT2D eigenvalue weighted by Crippen LogP contribution is 2.07. The van der Waals surface area contributed by atoms with Crippen LogP contribution in [-0.4, -0.2) is 24.0 Å². The van der Waals surface area contributed by atoms with Crippen LogP contribution < -0.4 is 5.73 Å². The molecule has 0 aliphatic rings. The molecule has 4 heteroatoms. The predicted octanol–water partition coefficient (Wildman–Crippen LogP) is 1.20. The highest BCUT2D eigenvalue weighted by atomic mass is 16.5. The first kappa shape index (κ1) is 11.7. The van der Waals surface area contributed by atoms with Gasteiger partial charge in [-0.15, -0.1) is 0 Å². The molecule has 1 aromatic heterocycles. The topological polar surface area (TPSA) is 65.2 Å². The van der Waals surface area contributed by atoms with E-state index < -0.39 is 0 Å². The average molecular weight is 208 g/mol. The molecule has 0 bridgehead atoms. The number of nitrogen functional groups attached to an aromatic ring is 1. The van der Waals surface area contributed by atoms with Crippen LogP contribution in [0.4, 0.5) is 5.82 Å². The first-order valence-corrected chi connectivity index (χ1v) is 4.86. The van der Waals surface area contributed by atoms with Gasteiger partial charge in [0.25, 0.3) is 0 Å². The molecule has 1 atom stereocenters. The number of ether oxygens (including phenoxy) is 1. The van der Waals surface area contributed by atoms with E-state index >= 15 is 0 Å². The molecule has 0 amide bonds. The summed E-state index contributed by atoms with van der Waals surface area (Å²) in [5, 5.41) is 0. The van der Waals surface area contributed by atoms with Gasteiger partial charge in [-0.05, 0) is 24.6 Å². The summed E-state index contributed by atoms with van der Waals surface area (Å²) in [6, 6.07) is 3.51. The van der Waals surface area contributed by atoms with Crippen molar-refractivity contribution in [2.24, 2.45) is 0 Å². The van der Waals surface area contributed by atoms with Crippen LogP contribution in [0, 0.1) is 0 Å². The van der Waals surface area contributed by atoms with Gasteiger partial charge in [0.1, 0.15) is 11.6 Å². The first-order valence-electron chi connectivity index (χ1n) is 4.86. The van der Waals surface area contributed by atoms with Crippen LogP contribution in [0.25, 0.3) is 0 Å². The third kappa shape index (κ3) is 4.08. The standard InChI is InChI=1S/C11H16N2O2/c1-8(15-2)5-10(14)6-9-3-4-13-11(12)7-9/h3-4,7-8H,5-6H2,1-2H3,(H2,12,13). The SMILES string of the molecule is COC(C)CC(=O)Cc1ccnc(N)c1. The zero-order chi connectivity index (χ0) is 11.3. The maximum Gasteiger partial charge on any atom is 0.139 e. The number of hydrogen-bond acceptors (Lipinski definition) is 4. The molecule has 0 spiro atoms. The summed E-state index contributed by atoms with van der Waals surface area (Å²) in [4.78, 5) is 15.4. The zero-order valence-corrected chi connectivity index (χ0v) is 9.06. The largest absolute Gasteiger partial charge is 0.384 e. The van der Waals surface area contributed by atoms with Crippen molar-refractivity contribution in [2.45, 2.75) is 25.9 Å². The van der Waals surface area contributed by atoms with E-state index in [-0.39, 0.29) is 11.9 Å². The van der Waals surface area contributed by atoms with E-state index in [2.05, 4.69) is 4.98 Å². The number of Topliss-reactive ketones (excluding diaryl/α,β-unsaturated/α-hetero) is 1. The van der Waals surface area contributed by atoms with E-state index in [9.17, 15) is 4.79 Å². The lowest BCUT2D eigenvalue weighted by Gasteiger charge is -2.08. The Morgan fingerprint density at radius 2 is 2.40 bits per heavy atom. The summed E-state index contributed by atoms with van der Waals surface area (Å²) in [7, 11) is 1.60. The maximum atomic E-state index is 11.6. The third-order valence-electron chi connectivity index (χ3n) is 2.16. The van der Waals surface area contributed by atoms with Gasteiger partial charge in [-0.2, -0.15) is 0 Å². The number of carbonyl (C=O) groups is 1. The van der Waals surface area contributed by atoms with Crippen molar-refractivity contribution >= 4 is 11.6 Å². The number of nitrogens with two attached hydrogens (primary N) is 1. The van der Waals surface area contributed by atoms with Gasteiger partial charge in [-0.3, -0.25) is 4.79 Å². The molecule has 0 aromatic carbocycles. The highest BCUT2D eigenvalue weighted by molar-refractivity contribution is 5.81. The first-order chi connectivity index (χ1) is 7.11. The Kier molecular flexibility index (Phi) is 4.24. The lowest BCUT2D eigenvalue weighted by molar-refractivity contribution is -0.120. The number of aromatic nitrogens is 1.